The second-order valence-electron chi connectivity index (χ2n) is 6.33. The standard InChI is InChI=1S/C20H17NO5/c22-15-4-2-14(3-5-15)20-19(24)18(23)16-6-1-13(11-17(16)26-20)12-21-7-9-25-10-8-21/h1-6,11H,7-10,12H2. The average Bonchev–Trinajstić information content (AvgIpc) is 2.66. The first-order valence-corrected chi connectivity index (χ1v) is 8.46. The summed E-state index contributed by atoms with van der Waals surface area (Å²) in [7, 11) is 0. The summed E-state index contributed by atoms with van der Waals surface area (Å²) in [6.45, 7) is 3.86. The number of ketones is 3. The second-order valence-corrected chi connectivity index (χ2v) is 6.33. The molecule has 0 unspecified atom stereocenters. The van der Waals surface area contributed by atoms with E-state index in [2.05, 4.69) is 4.90 Å². The van der Waals surface area contributed by atoms with Crippen LogP contribution in [-0.4, -0.2) is 48.6 Å². The number of carbonyl (C=O) groups is 3. The molecule has 1 aliphatic carbocycles. The second kappa shape index (κ2) is 6.82. The number of fused-ring (bicyclic) bond motifs is 1. The molecule has 4 rings (SSSR count). The van der Waals surface area contributed by atoms with Crippen LogP contribution in [0, 0.1) is 0 Å². The van der Waals surface area contributed by atoms with Gasteiger partial charge in [0, 0.05) is 25.2 Å². The van der Waals surface area contributed by atoms with Gasteiger partial charge in [-0.25, -0.2) is 0 Å². The van der Waals surface area contributed by atoms with E-state index in [9.17, 15) is 14.4 Å². The van der Waals surface area contributed by atoms with Crippen molar-refractivity contribution in [2.24, 2.45) is 0 Å². The zero-order valence-electron chi connectivity index (χ0n) is 14.1. The van der Waals surface area contributed by atoms with Crippen LogP contribution in [0.1, 0.15) is 15.9 Å². The highest BCUT2D eigenvalue weighted by atomic mass is 16.5. The van der Waals surface area contributed by atoms with Crippen molar-refractivity contribution in [2.75, 3.05) is 26.3 Å². The predicted octanol–water partition coefficient (Wildman–Crippen LogP) is 1.61. The number of carbonyl (C=O) groups excluding carboxylic acids is 3. The van der Waals surface area contributed by atoms with E-state index in [1.807, 2.05) is 6.07 Å². The molecule has 26 heavy (non-hydrogen) atoms. The number of Topliss-reactive ketones (excluding diaryl/α,β-unsaturated/α-hetero) is 2. The summed E-state index contributed by atoms with van der Waals surface area (Å²) in [5, 5.41) is 0. The molecule has 0 bridgehead atoms. The van der Waals surface area contributed by atoms with Gasteiger partial charge in [-0.2, -0.15) is 0 Å². The first-order chi connectivity index (χ1) is 12.6. The van der Waals surface area contributed by atoms with Crippen molar-refractivity contribution in [3.05, 3.63) is 65.0 Å². The Hall–Kier alpha value is -2.83. The fourth-order valence-corrected chi connectivity index (χ4v) is 3.13. The number of hydrogen-bond donors (Lipinski definition) is 0. The lowest BCUT2D eigenvalue weighted by molar-refractivity contribution is -0.114. The van der Waals surface area contributed by atoms with Gasteiger partial charge in [0.05, 0.1) is 18.8 Å². The van der Waals surface area contributed by atoms with E-state index in [1.165, 1.54) is 24.3 Å². The van der Waals surface area contributed by atoms with Crippen LogP contribution in [0.2, 0.25) is 0 Å². The van der Waals surface area contributed by atoms with Crippen LogP contribution in [0.4, 0.5) is 0 Å². The third-order valence-electron chi connectivity index (χ3n) is 4.54. The highest BCUT2D eigenvalue weighted by Gasteiger charge is 2.33. The van der Waals surface area contributed by atoms with Gasteiger partial charge in [0.1, 0.15) is 5.75 Å². The van der Waals surface area contributed by atoms with E-state index in [1.54, 1.807) is 12.1 Å². The maximum Gasteiger partial charge on any atom is 0.269 e. The van der Waals surface area contributed by atoms with E-state index in [0.29, 0.717) is 24.5 Å². The number of hydrogen-bond acceptors (Lipinski definition) is 6. The van der Waals surface area contributed by atoms with Crippen LogP contribution in [0.5, 0.6) is 5.75 Å². The Bertz CT molecular complexity index is 869. The van der Waals surface area contributed by atoms with Gasteiger partial charge in [-0.1, -0.05) is 6.07 Å². The van der Waals surface area contributed by atoms with Crippen LogP contribution in [0.3, 0.4) is 0 Å². The third kappa shape index (κ3) is 3.16. The average molecular weight is 351 g/mol. The molecule has 0 aromatic heterocycles. The molecule has 6 nitrogen and oxygen atoms in total. The normalized spacial score (nSPS) is 20.4. The summed E-state index contributed by atoms with van der Waals surface area (Å²) in [5.41, 5.74) is 1.69. The molecule has 2 heterocycles. The lowest BCUT2D eigenvalue weighted by Gasteiger charge is -2.27. The Morgan fingerprint density at radius 1 is 0.923 bits per heavy atom. The molecule has 1 aromatic rings. The van der Waals surface area contributed by atoms with Crippen LogP contribution in [0.25, 0.3) is 0 Å². The number of benzene rings is 1. The number of morpholine rings is 1. The van der Waals surface area contributed by atoms with Crippen molar-refractivity contribution >= 4 is 17.3 Å². The number of nitrogens with zero attached hydrogens (tertiary/aromatic N) is 1. The minimum absolute atomic E-state index is 0.0361. The van der Waals surface area contributed by atoms with Gasteiger partial charge in [0.15, 0.2) is 11.5 Å². The molecule has 0 saturated carbocycles. The number of rotatable bonds is 2. The van der Waals surface area contributed by atoms with Gasteiger partial charge in [-0.15, -0.1) is 0 Å². The van der Waals surface area contributed by atoms with Crippen LogP contribution in [-0.2, 0) is 20.9 Å². The van der Waals surface area contributed by atoms with Crippen molar-refractivity contribution in [3.8, 4) is 5.75 Å². The molecule has 132 valence electrons. The van der Waals surface area contributed by atoms with Gasteiger partial charge in [-0.05, 0) is 42.0 Å². The molecule has 2 aliphatic heterocycles. The summed E-state index contributed by atoms with van der Waals surface area (Å²) in [6.07, 6.45) is 5.67. The molecule has 6 heteroatoms. The van der Waals surface area contributed by atoms with Crippen molar-refractivity contribution in [3.63, 3.8) is 0 Å². The molecular weight excluding hydrogens is 334 g/mol. The summed E-state index contributed by atoms with van der Waals surface area (Å²) in [4.78, 5) is 38.3. The van der Waals surface area contributed by atoms with Gasteiger partial charge < -0.3 is 9.47 Å². The summed E-state index contributed by atoms with van der Waals surface area (Å²) in [6, 6.07) is 5.29. The molecule has 0 radical (unpaired) electrons. The molecule has 0 amide bonds. The summed E-state index contributed by atoms with van der Waals surface area (Å²) >= 11 is 0. The van der Waals surface area contributed by atoms with Gasteiger partial charge in [-0.3, -0.25) is 19.3 Å². The van der Waals surface area contributed by atoms with E-state index >= 15 is 0 Å². The molecule has 3 aliphatic rings. The molecule has 0 atom stereocenters. The zero-order chi connectivity index (χ0) is 18.1. The maximum absolute atomic E-state index is 12.4. The molecule has 0 spiro atoms. The fourth-order valence-electron chi connectivity index (χ4n) is 3.13. The first-order valence-electron chi connectivity index (χ1n) is 8.46. The highest BCUT2D eigenvalue weighted by Crippen LogP contribution is 2.31. The topological polar surface area (TPSA) is 72.9 Å². The Kier molecular flexibility index (Phi) is 4.36. The first kappa shape index (κ1) is 16.6. The Morgan fingerprint density at radius 2 is 1.65 bits per heavy atom. The minimum atomic E-state index is -0.697. The van der Waals surface area contributed by atoms with Crippen LogP contribution in [0.15, 0.2) is 53.8 Å². The largest absolute Gasteiger partial charge is 0.452 e. The molecular formula is C20H17NO5. The Morgan fingerprint density at radius 3 is 2.38 bits per heavy atom. The van der Waals surface area contributed by atoms with Crippen LogP contribution >= 0.6 is 0 Å². The smallest absolute Gasteiger partial charge is 0.269 e. The minimum Gasteiger partial charge on any atom is -0.452 e. The molecule has 1 saturated heterocycles. The molecule has 1 fully saturated rings. The van der Waals surface area contributed by atoms with Crippen LogP contribution < -0.4 is 4.74 Å². The predicted molar refractivity (Wildman–Crippen MR) is 92.8 cm³/mol. The van der Waals surface area contributed by atoms with E-state index in [4.69, 9.17) is 9.47 Å². The van der Waals surface area contributed by atoms with Crippen molar-refractivity contribution < 1.29 is 23.9 Å². The van der Waals surface area contributed by atoms with Gasteiger partial charge in [0.25, 0.3) is 5.78 Å². The summed E-state index contributed by atoms with van der Waals surface area (Å²) in [5.74, 6) is -1.12. The monoisotopic (exact) mass is 351 g/mol. The number of ether oxygens (including phenoxy) is 2. The SMILES string of the molecule is O=C1C=CC(=C2Oc3cc(CN4CCOCC4)ccc3C(=O)C2=O)C=C1. The Balaban J connectivity index is 1.64. The Labute approximate surface area is 150 Å². The quantitative estimate of drug-likeness (QED) is 0.595. The van der Waals surface area contributed by atoms with Crippen molar-refractivity contribution in [1.82, 2.24) is 4.90 Å². The fraction of sp³-hybridized carbons (Fsp3) is 0.250. The highest BCUT2D eigenvalue weighted by molar-refractivity contribution is 6.50. The van der Waals surface area contributed by atoms with Crippen molar-refractivity contribution in [2.45, 2.75) is 6.54 Å². The lowest BCUT2D eigenvalue weighted by Crippen LogP contribution is -2.35. The number of allylic oxidation sites excluding steroid dienone is 6. The molecule has 0 N–H and O–H groups in total. The third-order valence-corrected chi connectivity index (χ3v) is 4.54. The van der Waals surface area contributed by atoms with Gasteiger partial charge >= 0.3 is 0 Å². The molecule has 1 aromatic carbocycles. The van der Waals surface area contributed by atoms with E-state index in [-0.39, 0.29) is 17.1 Å². The lowest BCUT2D eigenvalue weighted by atomic mass is 9.96. The van der Waals surface area contributed by atoms with E-state index < -0.39 is 11.6 Å². The summed E-state index contributed by atoms with van der Waals surface area (Å²) < 4.78 is 11.1. The van der Waals surface area contributed by atoms with Gasteiger partial charge in [0.2, 0.25) is 5.78 Å². The zero-order valence-corrected chi connectivity index (χ0v) is 14.1. The maximum atomic E-state index is 12.4. The van der Waals surface area contributed by atoms with E-state index in [0.717, 1.165) is 25.2 Å². The van der Waals surface area contributed by atoms with Crippen molar-refractivity contribution in [1.29, 1.82) is 0 Å².